The van der Waals surface area contributed by atoms with E-state index in [4.69, 9.17) is 4.74 Å². The smallest absolute Gasteiger partial charge is 0.319 e. The molecule has 2 rings (SSSR count). The highest BCUT2D eigenvalue weighted by atomic mass is 16.5. The molecule has 4 unspecified atom stereocenters. The summed E-state index contributed by atoms with van der Waals surface area (Å²) in [5.41, 5.74) is -0.960. The molecule has 2 aliphatic carbocycles. The minimum atomic E-state index is -0.960. The van der Waals surface area contributed by atoms with Crippen molar-refractivity contribution in [3.63, 3.8) is 0 Å². The number of rotatable bonds is 1. The quantitative estimate of drug-likeness (QED) is 0.508. The molecule has 0 aromatic rings. The highest BCUT2D eigenvalue weighted by molar-refractivity contribution is 6.07. The van der Waals surface area contributed by atoms with Crippen molar-refractivity contribution in [1.82, 2.24) is 0 Å². The lowest BCUT2D eigenvalue weighted by Gasteiger charge is -2.37. The van der Waals surface area contributed by atoms with Crippen LogP contribution in [0.1, 0.15) is 26.2 Å². The van der Waals surface area contributed by atoms with Crippen LogP contribution in [0.5, 0.6) is 0 Å². The molecule has 1 N–H and O–H groups in total. The average Bonchev–Trinajstić information content (AvgIpc) is 2.48. The standard InChI is InChI=1S/C11H16O4/c1-6-5-8(12)7-3-4-11(6,9(7)13)10(14)15-2/h6-8,12H,3-5H2,1-2H3. The van der Waals surface area contributed by atoms with Crippen LogP contribution in [-0.4, -0.2) is 30.1 Å². The van der Waals surface area contributed by atoms with Crippen LogP contribution in [0.25, 0.3) is 0 Å². The second-order valence-corrected chi connectivity index (χ2v) is 4.68. The van der Waals surface area contributed by atoms with Gasteiger partial charge in [0.05, 0.1) is 13.2 Å². The van der Waals surface area contributed by atoms with Crippen LogP contribution in [0.3, 0.4) is 0 Å². The fourth-order valence-corrected chi connectivity index (χ4v) is 3.14. The van der Waals surface area contributed by atoms with E-state index in [1.807, 2.05) is 6.92 Å². The first kappa shape index (κ1) is 10.6. The number of hydrogen-bond donors (Lipinski definition) is 1. The summed E-state index contributed by atoms with van der Waals surface area (Å²) in [6.45, 7) is 1.85. The average molecular weight is 212 g/mol. The Hall–Kier alpha value is -0.900. The maximum Gasteiger partial charge on any atom is 0.319 e. The molecule has 15 heavy (non-hydrogen) atoms. The first-order valence-electron chi connectivity index (χ1n) is 5.35. The zero-order chi connectivity index (χ0) is 11.2. The summed E-state index contributed by atoms with van der Waals surface area (Å²) >= 11 is 0. The molecule has 4 atom stereocenters. The number of ketones is 1. The molecule has 0 radical (unpaired) electrons. The first-order valence-corrected chi connectivity index (χ1v) is 5.35. The molecule has 4 nitrogen and oxygen atoms in total. The number of methoxy groups -OCH3 is 1. The number of ether oxygens (including phenoxy) is 1. The molecule has 0 heterocycles. The van der Waals surface area contributed by atoms with Gasteiger partial charge >= 0.3 is 5.97 Å². The molecule has 0 aromatic carbocycles. The first-order chi connectivity index (χ1) is 7.04. The number of aliphatic hydroxyl groups excluding tert-OH is 1. The summed E-state index contributed by atoms with van der Waals surface area (Å²) in [6.07, 6.45) is 1.08. The largest absolute Gasteiger partial charge is 0.468 e. The lowest BCUT2D eigenvalue weighted by atomic mass is 9.66. The van der Waals surface area contributed by atoms with Gasteiger partial charge in [0.1, 0.15) is 5.41 Å². The van der Waals surface area contributed by atoms with E-state index in [1.165, 1.54) is 7.11 Å². The molecule has 0 aromatic heterocycles. The number of Topliss-reactive ketones (excluding diaryl/α,β-unsaturated/α-hetero) is 1. The predicted octanol–water partition coefficient (Wildman–Crippen LogP) is 0.526. The number of carbonyl (C=O) groups excluding carboxylic acids is 2. The van der Waals surface area contributed by atoms with Crippen molar-refractivity contribution in [1.29, 1.82) is 0 Å². The highest BCUT2D eigenvalue weighted by Crippen LogP contribution is 2.52. The van der Waals surface area contributed by atoms with Crippen molar-refractivity contribution in [3.05, 3.63) is 0 Å². The van der Waals surface area contributed by atoms with E-state index in [2.05, 4.69) is 0 Å². The van der Waals surface area contributed by atoms with Gasteiger partial charge in [-0.2, -0.15) is 0 Å². The normalized spacial score (nSPS) is 44.2. The minimum Gasteiger partial charge on any atom is -0.468 e. The summed E-state index contributed by atoms with van der Waals surface area (Å²) in [5.74, 6) is -0.999. The summed E-state index contributed by atoms with van der Waals surface area (Å²) in [7, 11) is 1.31. The van der Waals surface area contributed by atoms with E-state index >= 15 is 0 Å². The van der Waals surface area contributed by atoms with Crippen LogP contribution >= 0.6 is 0 Å². The third-order valence-electron chi connectivity index (χ3n) is 4.08. The fourth-order valence-electron chi connectivity index (χ4n) is 3.14. The van der Waals surface area contributed by atoms with Crippen molar-refractivity contribution < 1.29 is 19.4 Å². The molecule has 2 fully saturated rings. The van der Waals surface area contributed by atoms with Gasteiger partial charge in [-0.25, -0.2) is 0 Å². The van der Waals surface area contributed by atoms with Crippen molar-refractivity contribution >= 4 is 11.8 Å². The third kappa shape index (κ3) is 1.17. The molecule has 2 saturated carbocycles. The molecule has 0 aliphatic heterocycles. The van der Waals surface area contributed by atoms with Gasteiger partial charge in [0.15, 0.2) is 5.78 Å². The monoisotopic (exact) mass is 212 g/mol. The molecular weight excluding hydrogens is 196 g/mol. The van der Waals surface area contributed by atoms with Crippen LogP contribution in [0.15, 0.2) is 0 Å². The minimum absolute atomic E-state index is 0.111. The van der Waals surface area contributed by atoms with E-state index in [9.17, 15) is 14.7 Å². The molecule has 0 saturated heterocycles. The molecule has 2 bridgehead atoms. The number of hydrogen-bond acceptors (Lipinski definition) is 4. The second kappa shape index (κ2) is 3.30. The Morgan fingerprint density at radius 1 is 1.60 bits per heavy atom. The lowest BCUT2D eigenvalue weighted by Crippen LogP contribution is -2.50. The molecule has 2 aliphatic rings. The van der Waals surface area contributed by atoms with E-state index in [0.717, 1.165) is 0 Å². The van der Waals surface area contributed by atoms with Crippen molar-refractivity contribution in [2.24, 2.45) is 17.3 Å². The maximum absolute atomic E-state index is 12.1. The van der Waals surface area contributed by atoms with Gasteiger partial charge in [-0.05, 0) is 25.2 Å². The topological polar surface area (TPSA) is 63.6 Å². The summed E-state index contributed by atoms with van der Waals surface area (Å²) in [5, 5.41) is 9.73. The molecule has 4 heteroatoms. The van der Waals surface area contributed by atoms with E-state index in [0.29, 0.717) is 19.3 Å². The van der Waals surface area contributed by atoms with Crippen molar-refractivity contribution in [2.45, 2.75) is 32.3 Å². The van der Waals surface area contributed by atoms with Gasteiger partial charge in [-0.3, -0.25) is 9.59 Å². The lowest BCUT2D eigenvalue weighted by molar-refractivity contribution is -0.165. The number of esters is 1. The Morgan fingerprint density at radius 3 is 2.87 bits per heavy atom. The van der Waals surface area contributed by atoms with Crippen LogP contribution in [-0.2, 0) is 14.3 Å². The van der Waals surface area contributed by atoms with Gasteiger partial charge in [0.2, 0.25) is 0 Å². The van der Waals surface area contributed by atoms with E-state index in [1.54, 1.807) is 0 Å². The Kier molecular flexibility index (Phi) is 2.34. The highest BCUT2D eigenvalue weighted by Gasteiger charge is 2.62. The number of fused-ring (bicyclic) bond motifs is 2. The van der Waals surface area contributed by atoms with Crippen molar-refractivity contribution in [3.8, 4) is 0 Å². The zero-order valence-corrected chi connectivity index (χ0v) is 9.03. The zero-order valence-electron chi connectivity index (χ0n) is 9.03. The van der Waals surface area contributed by atoms with Gasteiger partial charge in [-0.15, -0.1) is 0 Å². The Balaban J connectivity index is 2.40. The van der Waals surface area contributed by atoms with Gasteiger partial charge < -0.3 is 9.84 Å². The Bertz CT molecular complexity index is 312. The van der Waals surface area contributed by atoms with Gasteiger partial charge in [0, 0.05) is 5.92 Å². The molecule has 0 amide bonds. The Labute approximate surface area is 88.6 Å². The SMILES string of the molecule is COC(=O)C12CCC(C1=O)C(O)CC2C. The summed E-state index contributed by atoms with van der Waals surface area (Å²) < 4.78 is 4.75. The van der Waals surface area contributed by atoms with E-state index in [-0.39, 0.29) is 17.6 Å². The molecule has 84 valence electrons. The predicted molar refractivity (Wildman–Crippen MR) is 52.0 cm³/mol. The van der Waals surface area contributed by atoms with Gasteiger partial charge in [0.25, 0.3) is 0 Å². The summed E-state index contributed by atoms with van der Waals surface area (Å²) in [6, 6.07) is 0. The second-order valence-electron chi connectivity index (χ2n) is 4.68. The van der Waals surface area contributed by atoms with Crippen LogP contribution in [0.2, 0.25) is 0 Å². The third-order valence-corrected chi connectivity index (χ3v) is 4.08. The summed E-state index contributed by atoms with van der Waals surface area (Å²) in [4.78, 5) is 23.8. The Morgan fingerprint density at radius 2 is 2.27 bits per heavy atom. The van der Waals surface area contributed by atoms with Crippen LogP contribution in [0, 0.1) is 17.3 Å². The maximum atomic E-state index is 12.1. The van der Waals surface area contributed by atoms with E-state index < -0.39 is 17.5 Å². The molecule has 0 spiro atoms. The van der Waals surface area contributed by atoms with Crippen LogP contribution in [0.4, 0.5) is 0 Å². The van der Waals surface area contributed by atoms with Crippen LogP contribution < -0.4 is 0 Å². The number of carbonyl (C=O) groups is 2. The molecular formula is C11H16O4. The fraction of sp³-hybridized carbons (Fsp3) is 0.818. The number of aliphatic hydroxyl groups is 1. The van der Waals surface area contributed by atoms with Gasteiger partial charge in [-0.1, -0.05) is 6.92 Å². The van der Waals surface area contributed by atoms with Crippen molar-refractivity contribution in [2.75, 3.05) is 7.11 Å².